The second-order valence-corrected chi connectivity index (χ2v) is 10.8. The molecule has 50 heavy (non-hydrogen) atoms. The predicted octanol–water partition coefficient (Wildman–Crippen LogP) is 5.52. The number of ether oxygens (including phenoxy) is 2. The summed E-state index contributed by atoms with van der Waals surface area (Å²) in [4.78, 5) is 23.9. The third kappa shape index (κ3) is 14.0. The number of carbonyl (C=O) groups is 2. The number of allylic oxidation sites excluding steroid dienone is 2. The highest BCUT2D eigenvalue weighted by atomic mass is 16.5. The summed E-state index contributed by atoms with van der Waals surface area (Å²) in [6, 6.07) is 20.5. The van der Waals surface area contributed by atoms with Crippen molar-refractivity contribution in [3.8, 4) is 40.2 Å². The number of benzene rings is 4. The molecule has 5 rings (SSSR count). The minimum absolute atomic E-state index is 0.00662. The van der Waals surface area contributed by atoms with Gasteiger partial charge in [-0.25, -0.2) is 0 Å². The summed E-state index contributed by atoms with van der Waals surface area (Å²) in [6.45, 7) is 4.56. The van der Waals surface area contributed by atoms with Gasteiger partial charge in [0.2, 0.25) is 0 Å². The molecule has 0 spiro atoms. The largest absolute Gasteiger partial charge is 0.508 e. The molecule has 0 radical (unpaired) electrons. The molecule has 1 aliphatic rings. The van der Waals surface area contributed by atoms with Gasteiger partial charge in [-0.3, -0.25) is 9.59 Å². The first-order valence-corrected chi connectivity index (χ1v) is 15.6. The summed E-state index contributed by atoms with van der Waals surface area (Å²) in [5.41, 5.74) is 2.95. The van der Waals surface area contributed by atoms with Crippen molar-refractivity contribution in [2.24, 2.45) is 0 Å². The molecule has 4 aromatic carbocycles. The Bertz CT molecular complexity index is 1690. The predicted molar refractivity (Wildman–Crippen MR) is 195 cm³/mol. The number of rotatable bonds is 10. The van der Waals surface area contributed by atoms with E-state index in [1.807, 2.05) is 6.08 Å². The van der Waals surface area contributed by atoms with Crippen molar-refractivity contribution in [3.63, 3.8) is 0 Å². The number of nitrogens with one attached hydrogen (secondary N) is 2. The molecule has 4 aromatic rings. The molecular formula is C39H42N2O9. The lowest BCUT2D eigenvalue weighted by molar-refractivity contribution is -0.121. The van der Waals surface area contributed by atoms with Crippen molar-refractivity contribution in [3.05, 3.63) is 113 Å². The van der Waals surface area contributed by atoms with Crippen LogP contribution >= 0.6 is 0 Å². The quantitative estimate of drug-likeness (QED) is 0.0636. The molecule has 0 unspecified atom stereocenters. The molecule has 0 bridgehead atoms. The number of methoxy groups -OCH3 is 2. The van der Waals surface area contributed by atoms with Crippen molar-refractivity contribution in [2.75, 3.05) is 40.4 Å². The number of phenols is 5. The van der Waals surface area contributed by atoms with Crippen LogP contribution < -0.4 is 20.1 Å². The van der Waals surface area contributed by atoms with E-state index in [0.717, 1.165) is 31.7 Å². The van der Waals surface area contributed by atoms with E-state index in [2.05, 4.69) is 10.6 Å². The zero-order valence-corrected chi connectivity index (χ0v) is 27.9. The van der Waals surface area contributed by atoms with Crippen LogP contribution in [0.3, 0.4) is 0 Å². The van der Waals surface area contributed by atoms with Gasteiger partial charge < -0.3 is 45.6 Å². The van der Waals surface area contributed by atoms with E-state index in [-0.39, 0.29) is 46.7 Å². The molecule has 1 saturated heterocycles. The highest BCUT2D eigenvalue weighted by Gasteiger charge is 2.06. The highest BCUT2D eigenvalue weighted by molar-refractivity contribution is 6.10. The summed E-state index contributed by atoms with van der Waals surface area (Å²) in [7, 11) is 2.87. The van der Waals surface area contributed by atoms with Crippen LogP contribution in [0.25, 0.3) is 24.3 Å². The molecule has 0 atom stereocenters. The first-order chi connectivity index (χ1) is 24.1. The van der Waals surface area contributed by atoms with Crippen LogP contribution in [0.2, 0.25) is 0 Å². The number of phenolic OH excluding ortho intramolecular Hbond substituents is 5. The molecule has 0 amide bonds. The van der Waals surface area contributed by atoms with Crippen LogP contribution in [0.15, 0.2) is 91.0 Å². The zero-order valence-electron chi connectivity index (χ0n) is 27.9. The van der Waals surface area contributed by atoms with Crippen LogP contribution in [0.5, 0.6) is 40.2 Å². The summed E-state index contributed by atoms with van der Waals surface area (Å²) < 4.78 is 10.00. The lowest BCUT2D eigenvalue weighted by Gasteiger charge is -2.11. The molecular weight excluding hydrogens is 640 g/mol. The Hall–Kier alpha value is -6.04. The molecule has 1 aliphatic heterocycles. The van der Waals surface area contributed by atoms with Gasteiger partial charge >= 0.3 is 0 Å². The normalized spacial score (nSPS) is 12.5. The van der Waals surface area contributed by atoms with Crippen molar-refractivity contribution < 1.29 is 44.6 Å². The van der Waals surface area contributed by atoms with E-state index < -0.39 is 0 Å². The monoisotopic (exact) mass is 682 g/mol. The molecule has 1 heterocycles. The minimum atomic E-state index is -0.347. The zero-order chi connectivity index (χ0) is 36.3. The number of piperazine rings is 1. The Morgan fingerprint density at radius 1 is 0.540 bits per heavy atom. The van der Waals surface area contributed by atoms with Crippen LogP contribution in [0.1, 0.15) is 28.7 Å². The average molecular weight is 683 g/mol. The number of hydrogen-bond acceptors (Lipinski definition) is 11. The second-order valence-electron chi connectivity index (χ2n) is 10.8. The van der Waals surface area contributed by atoms with Gasteiger partial charge in [-0.05, 0) is 82.9 Å². The maximum Gasteiger partial charge on any atom is 0.163 e. The van der Waals surface area contributed by atoms with Crippen LogP contribution in [0.4, 0.5) is 0 Å². The summed E-state index contributed by atoms with van der Waals surface area (Å²) in [5.74, 6) is 0.183. The fourth-order valence-corrected chi connectivity index (χ4v) is 4.36. The molecule has 11 nitrogen and oxygen atoms in total. The molecule has 1 fully saturated rings. The fourth-order valence-electron chi connectivity index (χ4n) is 4.36. The van der Waals surface area contributed by atoms with Crippen LogP contribution in [-0.2, 0) is 9.59 Å². The number of carbonyl (C=O) groups excluding carboxylic acids is 2. The molecule has 0 aromatic heterocycles. The van der Waals surface area contributed by atoms with E-state index in [4.69, 9.17) is 14.6 Å². The van der Waals surface area contributed by atoms with E-state index >= 15 is 0 Å². The Labute approximate surface area is 291 Å². The summed E-state index contributed by atoms with van der Waals surface area (Å²) in [6.07, 6.45) is 9.04. The van der Waals surface area contributed by atoms with Gasteiger partial charge in [0.1, 0.15) is 17.2 Å². The molecule has 11 heteroatoms. The van der Waals surface area contributed by atoms with Gasteiger partial charge in [0.15, 0.2) is 34.6 Å². The van der Waals surface area contributed by atoms with E-state index in [0.29, 0.717) is 28.2 Å². The first kappa shape index (κ1) is 38.4. The Kier molecular flexibility index (Phi) is 15.6. The van der Waals surface area contributed by atoms with E-state index in [1.54, 1.807) is 78.9 Å². The van der Waals surface area contributed by atoms with Gasteiger partial charge in [-0.1, -0.05) is 48.6 Å². The Morgan fingerprint density at radius 3 is 1.38 bits per heavy atom. The van der Waals surface area contributed by atoms with E-state index in [9.17, 15) is 30.0 Å². The molecule has 262 valence electrons. The van der Waals surface area contributed by atoms with Gasteiger partial charge in [0.25, 0.3) is 0 Å². The highest BCUT2D eigenvalue weighted by Crippen LogP contribution is 2.28. The third-order valence-corrected chi connectivity index (χ3v) is 6.92. The number of hydrogen-bond donors (Lipinski definition) is 7. The van der Waals surface area contributed by atoms with Gasteiger partial charge in [0.05, 0.1) is 20.6 Å². The number of ketones is 2. The Morgan fingerprint density at radius 2 is 0.960 bits per heavy atom. The van der Waals surface area contributed by atoms with Crippen LogP contribution in [0, 0.1) is 0 Å². The van der Waals surface area contributed by atoms with Gasteiger partial charge in [0, 0.05) is 32.2 Å². The standard InChI is InChI=1S/C21H20O6.C14H12O3.C4H10N2/c1-26-20-11-14(5-9-18(20)24)3-7-16(22)13-17(23)8-4-15-6-10-19(25)21(12-15)27-2;15-12-5-3-10(4-6-12)1-2-11-7-13(16)9-14(17)8-11;1-2-6-4-3-5-1/h3-12,24-25H,13H2,1-2H3;1-9,15-17H;5-6H,1-4H2/b7-3+,8-4+;;. The smallest absolute Gasteiger partial charge is 0.163 e. The third-order valence-electron chi connectivity index (χ3n) is 6.92. The van der Waals surface area contributed by atoms with Crippen LogP contribution in [-0.4, -0.2) is 77.5 Å². The van der Waals surface area contributed by atoms with Gasteiger partial charge in [-0.15, -0.1) is 0 Å². The Balaban J connectivity index is 0.000000247. The second kappa shape index (κ2) is 20.4. The summed E-state index contributed by atoms with van der Waals surface area (Å²) >= 11 is 0. The van der Waals surface area contributed by atoms with Gasteiger partial charge in [-0.2, -0.15) is 0 Å². The molecule has 7 N–H and O–H groups in total. The molecule has 0 saturated carbocycles. The van der Waals surface area contributed by atoms with Crippen molar-refractivity contribution in [1.82, 2.24) is 10.6 Å². The minimum Gasteiger partial charge on any atom is -0.508 e. The fraction of sp³-hybridized carbons (Fsp3) is 0.179. The SMILES string of the molecule is C1CNCCN1.COc1cc(/C=C/C(=O)CC(=O)/C=C/c2ccc(O)c(OC)c2)ccc1O.Oc1ccc(C=Cc2cc(O)cc(O)c2)cc1. The maximum absolute atomic E-state index is 11.9. The van der Waals surface area contributed by atoms with Crippen molar-refractivity contribution in [1.29, 1.82) is 0 Å². The lowest BCUT2D eigenvalue weighted by atomic mass is 10.1. The maximum atomic E-state index is 11.9. The average Bonchev–Trinajstić information content (AvgIpc) is 3.11. The van der Waals surface area contributed by atoms with Crippen molar-refractivity contribution >= 4 is 35.9 Å². The van der Waals surface area contributed by atoms with Crippen molar-refractivity contribution in [2.45, 2.75) is 6.42 Å². The number of aromatic hydroxyl groups is 5. The summed E-state index contributed by atoms with van der Waals surface area (Å²) in [5, 5.41) is 53.3. The lowest BCUT2D eigenvalue weighted by Crippen LogP contribution is -2.39. The van der Waals surface area contributed by atoms with E-state index in [1.165, 1.54) is 44.6 Å². The molecule has 0 aliphatic carbocycles. The first-order valence-electron chi connectivity index (χ1n) is 15.6. The topological polar surface area (TPSA) is 178 Å².